The zero-order valence-corrected chi connectivity index (χ0v) is 10.9. The number of aromatic amines is 1. The number of amides is 1. The van der Waals surface area contributed by atoms with E-state index in [1.807, 2.05) is 12.1 Å². The Labute approximate surface area is 116 Å². The summed E-state index contributed by atoms with van der Waals surface area (Å²) in [6.07, 6.45) is 5.23. The minimum absolute atomic E-state index is 0.180. The summed E-state index contributed by atoms with van der Waals surface area (Å²) in [7, 11) is 0. The first-order chi connectivity index (χ1) is 9.70. The topological polar surface area (TPSA) is 98.8 Å². The largest absolute Gasteiger partial charge is 0.397 e. The van der Waals surface area contributed by atoms with Crippen LogP contribution in [0.1, 0.15) is 22.5 Å². The second-order valence-electron chi connectivity index (χ2n) is 4.34. The second-order valence-corrected chi connectivity index (χ2v) is 4.34. The number of nitrogens with zero attached hydrogens (tertiary/aromatic N) is 3. The Morgan fingerprint density at radius 2 is 2.40 bits per heavy atom. The normalized spacial score (nSPS) is 9.95. The van der Waals surface area contributed by atoms with Gasteiger partial charge >= 0.3 is 0 Å². The number of pyridine rings is 1. The highest BCUT2D eigenvalue weighted by molar-refractivity contribution is 5.93. The Hall–Kier alpha value is -2.81. The number of carbonyl (C=O) groups is 1. The Kier molecular flexibility index (Phi) is 4.35. The fourth-order valence-corrected chi connectivity index (χ4v) is 1.85. The third kappa shape index (κ3) is 3.36. The minimum Gasteiger partial charge on any atom is -0.397 e. The fraction of sp³-hybridized carbons (Fsp3) is 0.214. The van der Waals surface area contributed by atoms with Crippen molar-refractivity contribution in [2.45, 2.75) is 13.0 Å². The van der Waals surface area contributed by atoms with E-state index in [2.05, 4.69) is 16.0 Å². The molecule has 6 nitrogen and oxygen atoms in total. The fourth-order valence-electron chi connectivity index (χ4n) is 1.85. The number of hydrogen-bond donors (Lipinski definition) is 2. The van der Waals surface area contributed by atoms with E-state index in [1.165, 1.54) is 0 Å². The van der Waals surface area contributed by atoms with E-state index in [0.29, 0.717) is 24.5 Å². The van der Waals surface area contributed by atoms with E-state index in [-0.39, 0.29) is 12.3 Å². The van der Waals surface area contributed by atoms with Crippen molar-refractivity contribution in [3.8, 4) is 6.07 Å². The summed E-state index contributed by atoms with van der Waals surface area (Å²) in [5, 5.41) is 8.71. The molecule has 0 unspecified atom stereocenters. The maximum Gasteiger partial charge on any atom is 0.270 e. The van der Waals surface area contributed by atoms with Crippen LogP contribution in [0.5, 0.6) is 0 Å². The van der Waals surface area contributed by atoms with Gasteiger partial charge in [-0.25, -0.2) is 0 Å². The SMILES string of the molecule is N#CCCN(Cc1cccnc1)C(=O)c1cc(N)c[nH]1. The Morgan fingerprint density at radius 1 is 1.55 bits per heavy atom. The molecule has 0 bridgehead atoms. The molecule has 0 saturated heterocycles. The predicted molar refractivity (Wildman–Crippen MR) is 74.4 cm³/mol. The van der Waals surface area contributed by atoms with Gasteiger partial charge in [-0.3, -0.25) is 9.78 Å². The number of H-pyrrole nitrogens is 1. The van der Waals surface area contributed by atoms with Crippen molar-refractivity contribution in [3.63, 3.8) is 0 Å². The van der Waals surface area contributed by atoms with Crippen LogP contribution in [-0.4, -0.2) is 27.3 Å². The molecule has 0 aliphatic heterocycles. The summed E-state index contributed by atoms with van der Waals surface area (Å²) in [6, 6.07) is 7.35. The van der Waals surface area contributed by atoms with Crippen LogP contribution < -0.4 is 5.73 Å². The molecule has 3 N–H and O–H groups in total. The number of rotatable bonds is 5. The first-order valence-electron chi connectivity index (χ1n) is 6.19. The molecule has 0 radical (unpaired) electrons. The zero-order valence-electron chi connectivity index (χ0n) is 10.9. The quantitative estimate of drug-likeness (QED) is 0.860. The first-order valence-corrected chi connectivity index (χ1v) is 6.19. The van der Waals surface area contributed by atoms with Crippen LogP contribution in [0, 0.1) is 11.3 Å². The van der Waals surface area contributed by atoms with Crippen LogP contribution in [0.25, 0.3) is 0 Å². The van der Waals surface area contributed by atoms with Gasteiger partial charge in [0, 0.05) is 37.4 Å². The molecule has 0 fully saturated rings. The lowest BCUT2D eigenvalue weighted by atomic mass is 10.2. The molecule has 0 spiro atoms. The summed E-state index contributed by atoms with van der Waals surface area (Å²) in [4.78, 5) is 20.8. The predicted octanol–water partition coefficient (Wildman–Crippen LogP) is 1.55. The van der Waals surface area contributed by atoms with Crippen molar-refractivity contribution in [1.82, 2.24) is 14.9 Å². The van der Waals surface area contributed by atoms with Crippen LogP contribution in [0.4, 0.5) is 5.69 Å². The summed E-state index contributed by atoms with van der Waals surface area (Å²) in [6.45, 7) is 0.774. The van der Waals surface area contributed by atoms with Gasteiger partial charge in [0.05, 0.1) is 12.5 Å². The van der Waals surface area contributed by atoms with Gasteiger partial charge in [0.2, 0.25) is 0 Å². The molecular weight excluding hydrogens is 254 g/mol. The number of nitrogen functional groups attached to an aromatic ring is 1. The van der Waals surface area contributed by atoms with E-state index < -0.39 is 0 Å². The van der Waals surface area contributed by atoms with Crippen LogP contribution in [0.15, 0.2) is 36.8 Å². The maximum absolute atomic E-state index is 12.4. The molecule has 102 valence electrons. The molecular formula is C14H15N5O. The van der Waals surface area contributed by atoms with Crippen LogP contribution in [0.3, 0.4) is 0 Å². The summed E-state index contributed by atoms with van der Waals surface area (Å²) >= 11 is 0. The average Bonchev–Trinajstić information content (AvgIpc) is 2.90. The van der Waals surface area contributed by atoms with Crippen molar-refractivity contribution in [2.24, 2.45) is 0 Å². The van der Waals surface area contributed by atoms with E-state index in [9.17, 15) is 4.79 Å². The third-order valence-electron chi connectivity index (χ3n) is 2.81. The molecule has 0 saturated carbocycles. The molecule has 6 heteroatoms. The van der Waals surface area contributed by atoms with Gasteiger partial charge in [-0.2, -0.15) is 5.26 Å². The lowest BCUT2D eigenvalue weighted by Crippen LogP contribution is -2.31. The maximum atomic E-state index is 12.4. The van der Waals surface area contributed by atoms with Gasteiger partial charge in [-0.15, -0.1) is 0 Å². The van der Waals surface area contributed by atoms with Crippen LogP contribution >= 0.6 is 0 Å². The molecule has 0 aliphatic carbocycles. The molecule has 2 heterocycles. The van der Waals surface area contributed by atoms with Crippen molar-refractivity contribution < 1.29 is 4.79 Å². The summed E-state index contributed by atoms with van der Waals surface area (Å²) in [5.74, 6) is -0.180. The number of nitrogens with two attached hydrogens (primary N) is 1. The molecule has 20 heavy (non-hydrogen) atoms. The van der Waals surface area contributed by atoms with Gasteiger partial charge in [-0.1, -0.05) is 6.07 Å². The van der Waals surface area contributed by atoms with E-state index in [0.717, 1.165) is 5.56 Å². The second kappa shape index (κ2) is 6.38. The van der Waals surface area contributed by atoms with Crippen molar-refractivity contribution in [3.05, 3.63) is 48.0 Å². The third-order valence-corrected chi connectivity index (χ3v) is 2.81. The van der Waals surface area contributed by atoms with Gasteiger partial charge in [0.1, 0.15) is 5.69 Å². The first kappa shape index (κ1) is 13.6. The molecule has 0 aromatic carbocycles. The molecule has 2 aromatic heterocycles. The van der Waals surface area contributed by atoms with Crippen molar-refractivity contribution in [2.75, 3.05) is 12.3 Å². The molecule has 2 rings (SSSR count). The Balaban J connectivity index is 2.15. The Bertz CT molecular complexity index is 614. The van der Waals surface area contributed by atoms with E-state index in [1.54, 1.807) is 29.6 Å². The highest BCUT2D eigenvalue weighted by atomic mass is 16.2. The average molecular weight is 269 g/mol. The van der Waals surface area contributed by atoms with Gasteiger partial charge in [0.25, 0.3) is 5.91 Å². The molecule has 0 aliphatic rings. The number of anilines is 1. The number of nitrogens with one attached hydrogen (secondary N) is 1. The zero-order chi connectivity index (χ0) is 14.4. The summed E-state index contributed by atoms with van der Waals surface area (Å²) in [5.41, 5.74) is 7.45. The van der Waals surface area contributed by atoms with Gasteiger partial charge in [-0.05, 0) is 17.7 Å². The lowest BCUT2D eigenvalue weighted by Gasteiger charge is -2.20. The van der Waals surface area contributed by atoms with Crippen LogP contribution in [-0.2, 0) is 6.54 Å². The Morgan fingerprint density at radius 3 is 3.00 bits per heavy atom. The highest BCUT2D eigenvalue weighted by Gasteiger charge is 2.17. The number of carbonyl (C=O) groups excluding carboxylic acids is 1. The van der Waals surface area contributed by atoms with Crippen molar-refractivity contribution in [1.29, 1.82) is 5.26 Å². The molecule has 2 aromatic rings. The smallest absolute Gasteiger partial charge is 0.270 e. The monoisotopic (exact) mass is 269 g/mol. The van der Waals surface area contributed by atoms with Gasteiger partial charge in [0.15, 0.2) is 0 Å². The van der Waals surface area contributed by atoms with Crippen molar-refractivity contribution >= 4 is 11.6 Å². The minimum atomic E-state index is -0.180. The lowest BCUT2D eigenvalue weighted by molar-refractivity contribution is 0.0741. The van der Waals surface area contributed by atoms with Crippen LogP contribution in [0.2, 0.25) is 0 Å². The van der Waals surface area contributed by atoms with Gasteiger partial charge < -0.3 is 15.6 Å². The summed E-state index contributed by atoms with van der Waals surface area (Å²) < 4.78 is 0. The number of aromatic nitrogens is 2. The number of hydrogen-bond acceptors (Lipinski definition) is 4. The van der Waals surface area contributed by atoms with E-state index in [4.69, 9.17) is 11.0 Å². The van der Waals surface area contributed by atoms with E-state index >= 15 is 0 Å². The molecule has 0 atom stereocenters. The standard InChI is InChI=1S/C14H15N5O/c15-4-2-6-19(10-11-3-1-5-17-8-11)14(20)13-7-12(16)9-18-13/h1,3,5,7-9,18H,2,6,10,16H2. The number of nitriles is 1. The molecule has 1 amide bonds. The highest BCUT2D eigenvalue weighted by Crippen LogP contribution is 2.11.